The second-order valence-corrected chi connectivity index (χ2v) is 12.2. The van der Waals surface area contributed by atoms with Crippen molar-refractivity contribution in [1.82, 2.24) is 4.57 Å². The van der Waals surface area contributed by atoms with Gasteiger partial charge in [-0.05, 0) is 93.6 Å². The average Bonchev–Trinajstić information content (AvgIpc) is 3.27. The highest BCUT2D eigenvalue weighted by Crippen LogP contribution is 2.35. The van der Waals surface area contributed by atoms with Crippen molar-refractivity contribution in [1.29, 1.82) is 0 Å². The number of benzene rings is 3. The van der Waals surface area contributed by atoms with E-state index in [1.165, 1.54) is 28.0 Å². The predicted molar refractivity (Wildman–Crippen MR) is 175 cm³/mol. The van der Waals surface area contributed by atoms with Crippen LogP contribution in [0.15, 0.2) is 94.7 Å². The summed E-state index contributed by atoms with van der Waals surface area (Å²) in [6, 6.07) is 18.1. The monoisotopic (exact) mass is 792 g/mol. The van der Waals surface area contributed by atoms with Crippen LogP contribution in [0.25, 0.3) is 11.8 Å². The van der Waals surface area contributed by atoms with E-state index < -0.39 is 17.8 Å². The molecule has 0 saturated heterocycles. The van der Waals surface area contributed by atoms with Crippen molar-refractivity contribution in [2.75, 3.05) is 13.2 Å². The first kappa shape index (κ1) is 29.4. The highest BCUT2D eigenvalue weighted by Gasteiger charge is 2.35. The van der Waals surface area contributed by atoms with Gasteiger partial charge in [0.25, 0.3) is 5.56 Å². The van der Waals surface area contributed by atoms with Gasteiger partial charge in [-0.1, -0.05) is 66.5 Å². The van der Waals surface area contributed by atoms with Crippen LogP contribution in [0.4, 0.5) is 4.39 Å². The Morgan fingerprint density at radius 3 is 2.44 bits per heavy atom. The Bertz CT molecular complexity index is 1820. The normalized spacial score (nSPS) is 14.8. The first-order valence-corrected chi connectivity index (χ1v) is 15.6. The van der Waals surface area contributed by atoms with Gasteiger partial charge in [-0.25, -0.2) is 14.2 Å². The molecule has 1 atom stereocenters. The third-order valence-electron chi connectivity index (χ3n) is 6.22. The lowest BCUT2D eigenvalue weighted by Crippen LogP contribution is -2.40. The van der Waals surface area contributed by atoms with Crippen LogP contribution in [0.1, 0.15) is 29.7 Å². The molecule has 2 heterocycles. The molecule has 1 aromatic heterocycles. The number of nitrogens with zero attached hydrogens (tertiary/aromatic N) is 2. The molecule has 0 radical (unpaired) electrons. The van der Waals surface area contributed by atoms with E-state index in [2.05, 4.69) is 51.8 Å². The summed E-state index contributed by atoms with van der Waals surface area (Å²) in [5, 5.41) is 0. The number of aromatic nitrogens is 1. The number of hydrogen-bond acceptors (Lipinski definition) is 6. The molecular weight excluding hydrogens is 769 g/mol. The molecule has 0 saturated carbocycles. The van der Waals surface area contributed by atoms with E-state index in [0.29, 0.717) is 32.8 Å². The van der Waals surface area contributed by atoms with Gasteiger partial charge in [-0.15, -0.1) is 0 Å². The maximum Gasteiger partial charge on any atom is 0.338 e. The average molecular weight is 792 g/mol. The van der Waals surface area contributed by atoms with E-state index in [4.69, 9.17) is 14.5 Å². The lowest BCUT2D eigenvalue weighted by molar-refractivity contribution is -0.138. The number of esters is 1. The summed E-state index contributed by atoms with van der Waals surface area (Å²) in [6.45, 7) is 5.96. The van der Waals surface area contributed by atoms with Gasteiger partial charge >= 0.3 is 5.97 Å². The number of carbonyl (C=O) groups excluding carboxylic acids is 1. The van der Waals surface area contributed by atoms with E-state index in [-0.39, 0.29) is 17.7 Å². The van der Waals surface area contributed by atoms with Crippen LogP contribution < -0.4 is 19.6 Å². The Balaban J connectivity index is 1.76. The molecule has 4 aromatic rings. The molecule has 0 amide bonds. The molecule has 5 rings (SSSR count). The van der Waals surface area contributed by atoms with Crippen LogP contribution >= 0.6 is 56.5 Å². The third kappa shape index (κ3) is 6.09. The van der Waals surface area contributed by atoms with Crippen molar-refractivity contribution in [3.63, 3.8) is 0 Å². The topological polar surface area (TPSA) is 69.9 Å². The second-order valence-electron chi connectivity index (χ2n) is 8.90. The quantitative estimate of drug-likeness (QED) is 0.128. The summed E-state index contributed by atoms with van der Waals surface area (Å²) < 4.78 is 28.9. The van der Waals surface area contributed by atoms with E-state index in [1.807, 2.05) is 48.5 Å². The van der Waals surface area contributed by atoms with Gasteiger partial charge in [0, 0.05) is 5.56 Å². The van der Waals surface area contributed by atoms with E-state index in [1.54, 1.807) is 25.1 Å². The first-order valence-electron chi connectivity index (χ1n) is 12.6. The van der Waals surface area contributed by atoms with Gasteiger partial charge < -0.3 is 9.47 Å². The van der Waals surface area contributed by atoms with E-state index in [9.17, 15) is 14.0 Å². The van der Waals surface area contributed by atoms with Gasteiger partial charge in [-0.3, -0.25) is 9.36 Å². The largest absolute Gasteiger partial charge is 0.487 e. The van der Waals surface area contributed by atoms with Crippen molar-refractivity contribution in [2.45, 2.75) is 13.0 Å². The third-order valence-corrected chi connectivity index (χ3v) is 8.81. The zero-order chi connectivity index (χ0) is 29.1. The predicted octanol–water partition coefficient (Wildman–Crippen LogP) is 5.85. The maximum atomic E-state index is 14.0. The molecule has 0 N–H and O–H groups in total. The molecule has 41 heavy (non-hydrogen) atoms. The molecule has 0 bridgehead atoms. The van der Waals surface area contributed by atoms with Gasteiger partial charge in [0.1, 0.15) is 18.2 Å². The summed E-state index contributed by atoms with van der Waals surface area (Å²) in [7, 11) is 0. The Kier molecular flexibility index (Phi) is 9.19. The molecule has 3 aromatic carbocycles. The molecule has 0 aliphatic carbocycles. The summed E-state index contributed by atoms with van der Waals surface area (Å²) in [5.41, 5.74) is 2.42. The van der Waals surface area contributed by atoms with E-state index >= 15 is 0 Å². The van der Waals surface area contributed by atoms with Gasteiger partial charge in [0.15, 0.2) is 4.80 Å². The van der Waals surface area contributed by atoms with Crippen molar-refractivity contribution >= 4 is 74.3 Å². The minimum Gasteiger partial charge on any atom is -0.487 e. The van der Waals surface area contributed by atoms with Crippen molar-refractivity contribution < 1.29 is 18.7 Å². The Morgan fingerprint density at radius 2 is 1.80 bits per heavy atom. The van der Waals surface area contributed by atoms with Crippen LogP contribution in [0.2, 0.25) is 0 Å². The van der Waals surface area contributed by atoms with Crippen LogP contribution in [0.3, 0.4) is 0 Å². The Labute approximate surface area is 266 Å². The minimum absolute atomic E-state index is 0.148. The number of ether oxygens (including phenoxy) is 2. The van der Waals surface area contributed by atoms with Crippen LogP contribution in [-0.4, -0.2) is 23.8 Å². The van der Waals surface area contributed by atoms with Crippen LogP contribution in [0.5, 0.6) is 5.75 Å². The molecule has 0 spiro atoms. The molecular formula is C31H23FI2N2O4S. The molecule has 1 aliphatic rings. The minimum atomic E-state index is -0.863. The number of thiazole rings is 1. The van der Waals surface area contributed by atoms with Crippen LogP contribution in [0, 0.1) is 13.0 Å². The van der Waals surface area contributed by atoms with Crippen molar-refractivity contribution in [3.8, 4) is 5.75 Å². The smallest absolute Gasteiger partial charge is 0.338 e. The van der Waals surface area contributed by atoms with Gasteiger partial charge in [0.05, 0.1) is 35.6 Å². The number of hydrogen-bond donors (Lipinski definition) is 0. The van der Waals surface area contributed by atoms with Crippen molar-refractivity contribution in [3.05, 3.63) is 134 Å². The summed E-state index contributed by atoms with van der Waals surface area (Å²) in [5.74, 6) is -0.249. The Hall–Kier alpha value is -3.10. The standard InChI is InChI=1S/C31H23FI2N2O4S/c1-3-14-40-28-22(33)15-18(16-23(28)34)17-24-29(37)36-27(20-10-12-21(32)13-11-20)25(30(38)39-4-2)26(35-31(36)41-24)19-8-6-5-7-9-19/h3,5-13,15-17,27H,1,4,14H2,2H3/b24-17-. The molecule has 10 heteroatoms. The summed E-state index contributed by atoms with van der Waals surface area (Å²) in [6.07, 6.45) is 3.50. The zero-order valence-corrected chi connectivity index (χ0v) is 26.9. The molecule has 1 aliphatic heterocycles. The zero-order valence-electron chi connectivity index (χ0n) is 21.8. The lowest BCUT2D eigenvalue weighted by atomic mass is 9.93. The molecule has 1 unspecified atom stereocenters. The summed E-state index contributed by atoms with van der Waals surface area (Å²) >= 11 is 5.65. The fourth-order valence-corrected chi connectivity index (χ4v) is 7.62. The number of rotatable bonds is 8. The van der Waals surface area contributed by atoms with Gasteiger partial charge in [0.2, 0.25) is 0 Å². The highest BCUT2D eigenvalue weighted by molar-refractivity contribution is 14.1. The van der Waals surface area contributed by atoms with Crippen LogP contribution in [-0.2, 0) is 9.53 Å². The Morgan fingerprint density at radius 1 is 1.12 bits per heavy atom. The fraction of sp³-hybridized carbons (Fsp3) is 0.129. The summed E-state index contributed by atoms with van der Waals surface area (Å²) in [4.78, 5) is 32.8. The maximum absolute atomic E-state index is 14.0. The number of halogens is 3. The van der Waals surface area contributed by atoms with E-state index in [0.717, 1.165) is 18.5 Å². The second kappa shape index (κ2) is 12.8. The lowest BCUT2D eigenvalue weighted by Gasteiger charge is -2.25. The number of fused-ring (bicyclic) bond motifs is 1. The molecule has 208 valence electrons. The molecule has 0 fully saturated rings. The molecule has 6 nitrogen and oxygen atoms in total. The fourth-order valence-electron chi connectivity index (χ4n) is 4.50. The first-order chi connectivity index (χ1) is 19.8. The SMILES string of the molecule is C=CCOc1c(I)cc(/C=c2\sc3n(c2=O)C(c2ccc(F)cc2)C(C(=O)OCC)=C(c2ccccc2)N=3)cc1I. The highest BCUT2D eigenvalue weighted by atomic mass is 127. The van der Waals surface area contributed by atoms with Crippen molar-refractivity contribution in [2.24, 2.45) is 4.99 Å². The number of carbonyl (C=O) groups is 1. The van der Waals surface area contributed by atoms with Gasteiger partial charge in [-0.2, -0.15) is 0 Å².